The highest BCUT2D eigenvalue weighted by atomic mass is 16.5. The van der Waals surface area contributed by atoms with Crippen LogP contribution in [0, 0.1) is 0 Å². The van der Waals surface area contributed by atoms with Gasteiger partial charge in [0.05, 0.1) is 0 Å². The van der Waals surface area contributed by atoms with Gasteiger partial charge in [0, 0.05) is 11.7 Å². The van der Waals surface area contributed by atoms with E-state index in [4.69, 9.17) is 10.5 Å². The van der Waals surface area contributed by atoms with Crippen molar-refractivity contribution in [3.8, 4) is 5.75 Å². The van der Waals surface area contributed by atoms with E-state index in [-0.39, 0.29) is 5.91 Å². The van der Waals surface area contributed by atoms with Gasteiger partial charge < -0.3 is 15.8 Å². The van der Waals surface area contributed by atoms with Crippen molar-refractivity contribution in [2.45, 2.75) is 51.2 Å². The number of ether oxygens (including phenoxy) is 1. The SMILES string of the molecule is CC(Oc1ccc(N)cc1)C(=O)NC1CCCCC1. The molecular formula is C15H22N2O2. The third kappa shape index (κ3) is 4.16. The van der Waals surface area contributed by atoms with Gasteiger partial charge in [0.25, 0.3) is 5.91 Å². The molecule has 0 heterocycles. The maximum Gasteiger partial charge on any atom is 0.260 e. The summed E-state index contributed by atoms with van der Waals surface area (Å²) >= 11 is 0. The van der Waals surface area contributed by atoms with Crippen LogP contribution in [0.1, 0.15) is 39.0 Å². The van der Waals surface area contributed by atoms with Crippen molar-refractivity contribution >= 4 is 11.6 Å². The molecule has 1 unspecified atom stereocenters. The lowest BCUT2D eigenvalue weighted by Crippen LogP contribution is -2.43. The van der Waals surface area contributed by atoms with E-state index in [0.29, 0.717) is 17.5 Å². The molecule has 1 aliphatic carbocycles. The molecular weight excluding hydrogens is 240 g/mol. The molecule has 1 saturated carbocycles. The number of hydrogen-bond acceptors (Lipinski definition) is 3. The zero-order chi connectivity index (χ0) is 13.7. The van der Waals surface area contributed by atoms with E-state index in [1.165, 1.54) is 19.3 Å². The van der Waals surface area contributed by atoms with Gasteiger partial charge >= 0.3 is 0 Å². The second kappa shape index (κ2) is 6.45. The van der Waals surface area contributed by atoms with E-state index in [1.54, 1.807) is 31.2 Å². The quantitative estimate of drug-likeness (QED) is 0.819. The van der Waals surface area contributed by atoms with Crippen LogP contribution < -0.4 is 15.8 Å². The first kappa shape index (κ1) is 13.7. The van der Waals surface area contributed by atoms with E-state index in [0.717, 1.165) is 12.8 Å². The Morgan fingerprint density at radius 2 is 1.89 bits per heavy atom. The van der Waals surface area contributed by atoms with Crippen LogP contribution in [-0.4, -0.2) is 18.1 Å². The predicted octanol–water partition coefficient (Wildman–Crippen LogP) is 2.49. The fraction of sp³-hybridized carbons (Fsp3) is 0.533. The molecule has 1 aromatic rings. The molecule has 1 atom stereocenters. The fourth-order valence-corrected chi connectivity index (χ4v) is 2.37. The molecule has 1 amide bonds. The molecule has 19 heavy (non-hydrogen) atoms. The van der Waals surface area contributed by atoms with Crippen molar-refractivity contribution in [2.75, 3.05) is 5.73 Å². The Morgan fingerprint density at radius 3 is 2.53 bits per heavy atom. The number of nitrogens with two attached hydrogens (primary N) is 1. The van der Waals surface area contributed by atoms with Gasteiger partial charge in [-0.05, 0) is 44.0 Å². The van der Waals surface area contributed by atoms with Gasteiger partial charge in [0.2, 0.25) is 0 Å². The van der Waals surface area contributed by atoms with Crippen molar-refractivity contribution in [3.05, 3.63) is 24.3 Å². The Balaban J connectivity index is 1.83. The van der Waals surface area contributed by atoms with Crippen LogP contribution in [0.4, 0.5) is 5.69 Å². The summed E-state index contributed by atoms with van der Waals surface area (Å²) in [5.41, 5.74) is 6.29. The Kier molecular flexibility index (Phi) is 4.66. The molecule has 1 aromatic carbocycles. The van der Waals surface area contributed by atoms with Gasteiger partial charge in [-0.3, -0.25) is 4.79 Å². The Bertz CT molecular complexity index is 411. The van der Waals surface area contributed by atoms with Gasteiger partial charge in [0.1, 0.15) is 5.75 Å². The summed E-state index contributed by atoms with van der Waals surface area (Å²) in [5.74, 6) is 0.629. The molecule has 1 fully saturated rings. The number of carbonyl (C=O) groups is 1. The average molecular weight is 262 g/mol. The number of hydrogen-bond donors (Lipinski definition) is 2. The van der Waals surface area contributed by atoms with E-state index >= 15 is 0 Å². The molecule has 4 heteroatoms. The predicted molar refractivity (Wildman–Crippen MR) is 76.0 cm³/mol. The minimum absolute atomic E-state index is 0.0382. The number of benzene rings is 1. The van der Waals surface area contributed by atoms with Crippen molar-refractivity contribution in [1.29, 1.82) is 0 Å². The highest BCUT2D eigenvalue weighted by Gasteiger charge is 2.20. The monoisotopic (exact) mass is 262 g/mol. The van der Waals surface area contributed by atoms with E-state index < -0.39 is 6.10 Å². The molecule has 0 radical (unpaired) electrons. The summed E-state index contributed by atoms with van der Waals surface area (Å²) < 4.78 is 5.61. The second-order valence-corrected chi connectivity index (χ2v) is 5.17. The molecule has 3 N–H and O–H groups in total. The lowest BCUT2D eigenvalue weighted by atomic mass is 9.95. The minimum atomic E-state index is -0.481. The molecule has 4 nitrogen and oxygen atoms in total. The molecule has 1 aliphatic rings. The van der Waals surface area contributed by atoms with Gasteiger partial charge in [0.15, 0.2) is 6.10 Å². The molecule has 0 bridgehead atoms. The van der Waals surface area contributed by atoms with Crippen LogP contribution in [0.25, 0.3) is 0 Å². The summed E-state index contributed by atoms with van der Waals surface area (Å²) in [4.78, 5) is 12.0. The van der Waals surface area contributed by atoms with Crippen LogP contribution in [-0.2, 0) is 4.79 Å². The topological polar surface area (TPSA) is 64.3 Å². The number of carbonyl (C=O) groups excluding carboxylic acids is 1. The molecule has 0 aromatic heterocycles. The normalized spacial score (nSPS) is 17.7. The van der Waals surface area contributed by atoms with Crippen molar-refractivity contribution < 1.29 is 9.53 Å². The third-order valence-electron chi connectivity index (χ3n) is 3.51. The zero-order valence-electron chi connectivity index (χ0n) is 11.4. The Labute approximate surface area is 114 Å². The maximum atomic E-state index is 12.0. The molecule has 2 rings (SSSR count). The van der Waals surface area contributed by atoms with E-state index in [2.05, 4.69) is 5.32 Å². The molecule has 0 aliphatic heterocycles. The first-order valence-corrected chi connectivity index (χ1v) is 6.98. The van der Waals surface area contributed by atoms with Crippen LogP contribution in [0.3, 0.4) is 0 Å². The number of anilines is 1. The standard InChI is InChI=1S/C15H22N2O2/c1-11(19-14-9-7-12(16)8-10-14)15(18)17-13-5-3-2-4-6-13/h7-11,13H,2-6,16H2,1H3,(H,17,18). The smallest absolute Gasteiger partial charge is 0.260 e. The lowest BCUT2D eigenvalue weighted by Gasteiger charge is -2.24. The first-order valence-electron chi connectivity index (χ1n) is 6.98. The van der Waals surface area contributed by atoms with Gasteiger partial charge in [-0.2, -0.15) is 0 Å². The molecule has 0 spiro atoms. The summed E-state index contributed by atoms with van der Waals surface area (Å²) in [6.07, 6.45) is 5.38. The van der Waals surface area contributed by atoms with Crippen molar-refractivity contribution in [3.63, 3.8) is 0 Å². The van der Waals surface area contributed by atoms with Crippen molar-refractivity contribution in [1.82, 2.24) is 5.32 Å². The average Bonchev–Trinajstić information content (AvgIpc) is 2.42. The van der Waals surface area contributed by atoms with Gasteiger partial charge in [-0.25, -0.2) is 0 Å². The number of nitrogen functional groups attached to an aromatic ring is 1. The third-order valence-corrected chi connectivity index (χ3v) is 3.51. The van der Waals surface area contributed by atoms with E-state index in [9.17, 15) is 4.79 Å². The zero-order valence-corrected chi connectivity index (χ0v) is 11.4. The maximum absolute atomic E-state index is 12.0. The van der Waals surface area contributed by atoms with Crippen LogP contribution in [0.5, 0.6) is 5.75 Å². The highest BCUT2D eigenvalue weighted by Crippen LogP contribution is 2.18. The second-order valence-electron chi connectivity index (χ2n) is 5.17. The number of amides is 1. The van der Waals surface area contributed by atoms with E-state index in [1.807, 2.05) is 0 Å². The number of rotatable bonds is 4. The molecule has 104 valence electrons. The van der Waals surface area contributed by atoms with Crippen molar-refractivity contribution in [2.24, 2.45) is 0 Å². The molecule has 0 saturated heterocycles. The Morgan fingerprint density at radius 1 is 1.26 bits per heavy atom. The Hall–Kier alpha value is -1.71. The lowest BCUT2D eigenvalue weighted by molar-refractivity contribution is -0.128. The van der Waals surface area contributed by atoms with Crippen LogP contribution in [0.2, 0.25) is 0 Å². The fourth-order valence-electron chi connectivity index (χ4n) is 2.37. The van der Waals surface area contributed by atoms with Gasteiger partial charge in [-0.1, -0.05) is 19.3 Å². The highest BCUT2D eigenvalue weighted by molar-refractivity contribution is 5.81. The summed E-state index contributed by atoms with van der Waals surface area (Å²) in [6, 6.07) is 7.40. The van der Waals surface area contributed by atoms with Crippen LogP contribution in [0.15, 0.2) is 24.3 Å². The summed E-state index contributed by atoms with van der Waals surface area (Å²) in [7, 11) is 0. The summed E-state index contributed by atoms with van der Waals surface area (Å²) in [6.45, 7) is 1.77. The minimum Gasteiger partial charge on any atom is -0.481 e. The number of nitrogens with one attached hydrogen (secondary N) is 1. The summed E-state index contributed by atoms with van der Waals surface area (Å²) in [5, 5.41) is 3.06. The first-order chi connectivity index (χ1) is 9.15. The van der Waals surface area contributed by atoms with Gasteiger partial charge in [-0.15, -0.1) is 0 Å². The largest absolute Gasteiger partial charge is 0.481 e. The van der Waals surface area contributed by atoms with Crippen LogP contribution >= 0.6 is 0 Å².